The van der Waals surface area contributed by atoms with Crippen LogP contribution in [-0.2, 0) is 11.2 Å². The Hall–Kier alpha value is -1.28. The summed E-state index contributed by atoms with van der Waals surface area (Å²) in [5, 5.41) is 0. The van der Waals surface area contributed by atoms with Crippen LogP contribution in [0.4, 0.5) is 0 Å². The smallest absolute Gasteiger partial charge is 0.123 e. The van der Waals surface area contributed by atoms with Gasteiger partial charge in [0.15, 0.2) is 0 Å². The minimum absolute atomic E-state index is 0.0395. The fourth-order valence-electron chi connectivity index (χ4n) is 2.37. The van der Waals surface area contributed by atoms with Gasteiger partial charge in [-0.3, -0.25) is 0 Å². The molecule has 1 aliphatic rings. The second-order valence-corrected chi connectivity index (χ2v) is 6.53. The first-order valence-corrected chi connectivity index (χ1v) is 8.72. The molecule has 0 radical (unpaired) electrons. The van der Waals surface area contributed by atoms with E-state index in [2.05, 4.69) is 50.3 Å². The first-order valence-electron chi connectivity index (χ1n) is 8.72. The van der Waals surface area contributed by atoms with Gasteiger partial charge in [0.1, 0.15) is 18.0 Å². The molecule has 1 aromatic rings. The topological polar surface area (TPSA) is 21.8 Å². The molecule has 1 aliphatic heterocycles. The van der Waals surface area contributed by atoms with Gasteiger partial charge in [0.05, 0.1) is 6.61 Å². The molecule has 0 bridgehead atoms. The van der Waals surface area contributed by atoms with Crippen LogP contribution in [0.2, 0.25) is 0 Å². The quantitative estimate of drug-likeness (QED) is 0.314. The molecule has 1 saturated heterocycles. The molecule has 0 N–H and O–H groups in total. The normalized spacial score (nSPS) is 20.5. The lowest BCUT2D eigenvalue weighted by molar-refractivity contribution is 0.202. The van der Waals surface area contributed by atoms with E-state index in [-0.39, 0.29) is 5.60 Å². The van der Waals surface area contributed by atoms with Crippen molar-refractivity contribution in [3.63, 3.8) is 0 Å². The van der Waals surface area contributed by atoms with Gasteiger partial charge in [0.25, 0.3) is 0 Å². The predicted octanol–water partition coefficient (Wildman–Crippen LogP) is 5.31. The first-order chi connectivity index (χ1) is 10.7. The second-order valence-electron chi connectivity index (χ2n) is 6.53. The predicted molar refractivity (Wildman–Crippen MR) is 92.5 cm³/mol. The highest BCUT2D eigenvalue weighted by molar-refractivity contribution is 5.27. The maximum absolute atomic E-state index is 5.74. The summed E-state index contributed by atoms with van der Waals surface area (Å²) in [6.45, 7) is 5.80. The fourth-order valence-corrected chi connectivity index (χ4v) is 2.37. The largest absolute Gasteiger partial charge is 0.491 e. The van der Waals surface area contributed by atoms with Crippen molar-refractivity contribution in [3.8, 4) is 5.75 Å². The number of epoxide rings is 1. The van der Waals surface area contributed by atoms with E-state index in [9.17, 15) is 0 Å². The number of unbranched alkanes of at least 4 members (excludes halogenated alkanes) is 4. The van der Waals surface area contributed by atoms with Crippen LogP contribution in [0, 0.1) is 0 Å². The molecule has 2 nitrogen and oxygen atoms in total. The lowest BCUT2D eigenvalue weighted by Gasteiger charge is -2.09. The van der Waals surface area contributed by atoms with Crippen LogP contribution in [0.25, 0.3) is 0 Å². The fraction of sp³-hybridized carbons (Fsp3) is 0.600. The van der Waals surface area contributed by atoms with E-state index in [1.807, 2.05) is 0 Å². The summed E-state index contributed by atoms with van der Waals surface area (Å²) in [4.78, 5) is 0. The average molecular weight is 302 g/mol. The maximum Gasteiger partial charge on any atom is 0.123 e. The molecule has 22 heavy (non-hydrogen) atoms. The number of hydrogen-bond donors (Lipinski definition) is 0. The molecule has 1 atom stereocenters. The summed E-state index contributed by atoms with van der Waals surface area (Å²) in [5.41, 5.74) is 1.35. The highest BCUT2D eigenvalue weighted by Gasteiger charge is 2.40. The molecule has 2 rings (SSSR count). The number of allylic oxidation sites excluding steroid dienone is 2. The third-order valence-corrected chi connectivity index (χ3v) is 4.08. The molecular weight excluding hydrogens is 272 g/mol. The molecule has 1 fully saturated rings. The van der Waals surface area contributed by atoms with E-state index in [4.69, 9.17) is 9.47 Å². The van der Waals surface area contributed by atoms with E-state index in [0.29, 0.717) is 6.61 Å². The summed E-state index contributed by atoms with van der Waals surface area (Å²) in [5.74, 6) is 0.941. The van der Waals surface area contributed by atoms with Gasteiger partial charge in [-0.25, -0.2) is 0 Å². The van der Waals surface area contributed by atoms with Crippen molar-refractivity contribution in [3.05, 3.63) is 42.0 Å². The number of benzene rings is 1. The van der Waals surface area contributed by atoms with Gasteiger partial charge in [0, 0.05) is 0 Å². The highest BCUT2D eigenvalue weighted by atomic mass is 16.6. The van der Waals surface area contributed by atoms with Crippen LogP contribution >= 0.6 is 0 Å². The van der Waals surface area contributed by atoms with Gasteiger partial charge in [-0.1, -0.05) is 44.1 Å². The maximum atomic E-state index is 5.74. The van der Waals surface area contributed by atoms with E-state index >= 15 is 0 Å². The SMILES string of the molecule is CCCCC/C=C/CCCc1ccc(OCC2(C)CO2)cc1. The zero-order valence-electron chi connectivity index (χ0n) is 14.1. The first kappa shape index (κ1) is 17.1. The van der Waals surface area contributed by atoms with Crippen LogP contribution < -0.4 is 4.74 Å². The van der Waals surface area contributed by atoms with Gasteiger partial charge in [-0.2, -0.15) is 0 Å². The standard InChI is InChI=1S/C20H30O2/c1-3-4-5-6-7-8-9-10-11-18-12-14-19(15-13-18)21-16-20(2)17-22-20/h7-8,12-15H,3-6,9-11,16-17H2,1-2H3/b8-7+. The summed E-state index contributed by atoms with van der Waals surface area (Å²) in [7, 11) is 0. The van der Waals surface area contributed by atoms with Crippen LogP contribution in [0.3, 0.4) is 0 Å². The molecule has 2 heteroatoms. The third-order valence-electron chi connectivity index (χ3n) is 4.08. The summed E-state index contributed by atoms with van der Waals surface area (Å²) in [6.07, 6.45) is 13.4. The number of ether oxygens (including phenoxy) is 2. The molecular formula is C20H30O2. The van der Waals surface area contributed by atoms with Crippen molar-refractivity contribution in [2.75, 3.05) is 13.2 Å². The van der Waals surface area contributed by atoms with Crippen LogP contribution in [-0.4, -0.2) is 18.8 Å². The van der Waals surface area contributed by atoms with Crippen LogP contribution in [0.1, 0.15) is 57.9 Å². The average Bonchev–Trinajstić information content (AvgIpc) is 3.27. The summed E-state index contributed by atoms with van der Waals surface area (Å²) in [6, 6.07) is 8.50. The van der Waals surface area contributed by atoms with E-state index in [1.165, 1.54) is 44.1 Å². The van der Waals surface area contributed by atoms with Crippen molar-refractivity contribution in [1.29, 1.82) is 0 Å². The second kappa shape index (κ2) is 8.99. The molecule has 122 valence electrons. The Kier molecular flexibility index (Phi) is 6.98. The Labute approximate surface area is 135 Å². The Bertz CT molecular complexity index is 443. The molecule has 0 aromatic heterocycles. The molecule has 0 spiro atoms. The van der Waals surface area contributed by atoms with Gasteiger partial charge in [0.2, 0.25) is 0 Å². The molecule has 1 unspecified atom stereocenters. The van der Waals surface area contributed by atoms with Crippen molar-refractivity contribution >= 4 is 0 Å². The minimum Gasteiger partial charge on any atom is -0.491 e. The van der Waals surface area contributed by atoms with Gasteiger partial charge < -0.3 is 9.47 Å². The lowest BCUT2D eigenvalue weighted by Crippen LogP contribution is -2.16. The number of aryl methyl sites for hydroxylation is 1. The zero-order valence-corrected chi connectivity index (χ0v) is 14.1. The van der Waals surface area contributed by atoms with E-state index in [0.717, 1.165) is 18.8 Å². The van der Waals surface area contributed by atoms with Gasteiger partial charge in [-0.15, -0.1) is 0 Å². The molecule has 1 heterocycles. The molecule has 0 saturated carbocycles. The van der Waals surface area contributed by atoms with Crippen molar-refractivity contribution in [2.24, 2.45) is 0 Å². The van der Waals surface area contributed by atoms with Gasteiger partial charge >= 0.3 is 0 Å². The van der Waals surface area contributed by atoms with Crippen molar-refractivity contribution in [2.45, 2.75) is 64.4 Å². The molecule has 1 aromatic carbocycles. The third kappa shape index (κ3) is 6.65. The Balaban J connectivity index is 1.58. The minimum atomic E-state index is -0.0395. The molecule has 0 aliphatic carbocycles. The zero-order chi connectivity index (χ0) is 15.7. The van der Waals surface area contributed by atoms with E-state index in [1.54, 1.807) is 0 Å². The number of hydrogen-bond acceptors (Lipinski definition) is 2. The lowest BCUT2D eigenvalue weighted by atomic mass is 10.1. The Morgan fingerprint density at radius 3 is 2.41 bits per heavy atom. The molecule has 0 amide bonds. The summed E-state index contributed by atoms with van der Waals surface area (Å²) >= 11 is 0. The van der Waals surface area contributed by atoms with Crippen molar-refractivity contribution in [1.82, 2.24) is 0 Å². The highest BCUT2D eigenvalue weighted by Crippen LogP contribution is 2.27. The Morgan fingerprint density at radius 2 is 1.77 bits per heavy atom. The number of rotatable bonds is 11. The van der Waals surface area contributed by atoms with E-state index < -0.39 is 0 Å². The van der Waals surface area contributed by atoms with Crippen molar-refractivity contribution < 1.29 is 9.47 Å². The monoisotopic (exact) mass is 302 g/mol. The summed E-state index contributed by atoms with van der Waals surface area (Å²) < 4.78 is 11.1. The van der Waals surface area contributed by atoms with Crippen LogP contribution in [0.5, 0.6) is 5.75 Å². The Morgan fingerprint density at radius 1 is 1.09 bits per heavy atom. The van der Waals surface area contributed by atoms with Gasteiger partial charge in [-0.05, 0) is 56.7 Å². The van der Waals surface area contributed by atoms with Crippen LogP contribution in [0.15, 0.2) is 36.4 Å².